The molecule has 2 heterocycles. The first-order valence-electron chi connectivity index (χ1n) is 8.63. The van der Waals surface area contributed by atoms with Crippen LogP contribution in [0.1, 0.15) is 40.6 Å². The van der Waals surface area contributed by atoms with Gasteiger partial charge in [0.1, 0.15) is 17.8 Å². The van der Waals surface area contributed by atoms with Crippen molar-refractivity contribution in [2.24, 2.45) is 5.92 Å². The van der Waals surface area contributed by atoms with E-state index < -0.39 is 5.97 Å². The third kappa shape index (κ3) is 4.17. The molecule has 1 aromatic carbocycles. The Labute approximate surface area is 152 Å². The molecule has 1 saturated heterocycles. The van der Waals surface area contributed by atoms with E-state index in [2.05, 4.69) is 27.1 Å². The van der Waals surface area contributed by atoms with Crippen LogP contribution in [0.4, 0.5) is 11.5 Å². The Balaban J connectivity index is 1.72. The third-order valence-electron chi connectivity index (χ3n) is 4.53. The smallest absolute Gasteiger partial charge is 0.337 e. The van der Waals surface area contributed by atoms with Crippen LogP contribution in [0, 0.1) is 5.92 Å². The normalized spacial score (nSPS) is 14.8. The van der Waals surface area contributed by atoms with Crippen molar-refractivity contribution in [1.29, 1.82) is 0 Å². The number of anilines is 2. The number of piperidine rings is 1. The van der Waals surface area contributed by atoms with E-state index in [9.17, 15) is 9.59 Å². The summed E-state index contributed by atoms with van der Waals surface area (Å²) in [7, 11) is 1.32. The molecule has 0 radical (unpaired) electrons. The van der Waals surface area contributed by atoms with Crippen molar-refractivity contribution >= 4 is 23.4 Å². The van der Waals surface area contributed by atoms with Gasteiger partial charge in [-0.3, -0.25) is 4.79 Å². The Kier molecular flexibility index (Phi) is 5.46. The van der Waals surface area contributed by atoms with Crippen LogP contribution in [-0.2, 0) is 4.74 Å². The molecular formula is C19H22N4O3. The van der Waals surface area contributed by atoms with Crippen LogP contribution in [0.5, 0.6) is 0 Å². The van der Waals surface area contributed by atoms with E-state index in [0.29, 0.717) is 11.3 Å². The Morgan fingerprint density at radius 2 is 1.96 bits per heavy atom. The minimum absolute atomic E-state index is 0.289. The molecule has 3 rings (SSSR count). The van der Waals surface area contributed by atoms with Crippen molar-refractivity contribution in [3.63, 3.8) is 0 Å². The highest BCUT2D eigenvalue weighted by Gasteiger charge is 2.19. The molecule has 26 heavy (non-hydrogen) atoms. The number of amides is 1. The minimum atomic E-state index is -0.454. The molecule has 1 aromatic heterocycles. The van der Waals surface area contributed by atoms with E-state index in [1.165, 1.54) is 13.4 Å². The molecule has 136 valence electrons. The molecule has 1 aliphatic rings. The van der Waals surface area contributed by atoms with Crippen molar-refractivity contribution in [2.75, 3.05) is 30.4 Å². The lowest BCUT2D eigenvalue weighted by Crippen LogP contribution is -2.33. The molecule has 7 heteroatoms. The lowest BCUT2D eigenvalue weighted by molar-refractivity contribution is 0.0600. The van der Waals surface area contributed by atoms with Gasteiger partial charge in [0.25, 0.3) is 5.91 Å². The fourth-order valence-corrected chi connectivity index (χ4v) is 2.92. The predicted molar refractivity (Wildman–Crippen MR) is 98.4 cm³/mol. The second-order valence-electron chi connectivity index (χ2n) is 6.46. The first-order valence-corrected chi connectivity index (χ1v) is 8.63. The van der Waals surface area contributed by atoms with Crippen molar-refractivity contribution in [3.05, 3.63) is 47.9 Å². The Morgan fingerprint density at radius 3 is 2.69 bits per heavy atom. The second-order valence-corrected chi connectivity index (χ2v) is 6.46. The standard InChI is InChI=1S/C19H22N4O3/c1-13-6-8-23(9-7-13)17-11-16(20-12-21-17)18(24)22-15-5-3-4-14(10-15)19(25)26-2/h3-5,10-13H,6-9H2,1-2H3,(H,22,24). The fourth-order valence-electron chi connectivity index (χ4n) is 2.92. The number of hydrogen-bond donors (Lipinski definition) is 1. The van der Waals surface area contributed by atoms with Crippen molar-refractivity contribution < 1.29 is 14.3 Å². The average Bonchev–Trinajstić information content (AvgIpc) is 2.68. The predicted octanol–water partition coefficient (Wildman–Crippen LogP) is 2.75. The molecule has 2 aromatic rings. The molecule has 0 atom stereocenters. The molecule has 0 spiro atoms. The molecule has 1 N–H and O–H groups in total. The van der Waals surface area contributed by atoms with Crippen molar-refractivity contribution in [1.82, 2.24) is 9.97 Å². The zero-order chi connectivity index (χ0) is 18.5. The number of hydrogen-bond acceptors (Lipinski definition) is 6. The van der Waals surface area contributed by atoms with Crippen LogP contribution >= 0.6 is 0 Å². The third-order valence-corrected chi connectivity index (χ3v) is 4.53. The maximum atomic E-state index is 12.5. The Hall–Kier alpha value is -2.96. The van der Waals surface area contributed by atoms with Gasteiger partial charge < -0.3 is 15.0 Å². The molecule has 1 amide bonds. The van der Waals surface area contributed by atoms with Crippen LogP contribution in [0.25, 0.3) is 0 Å². The zero-order valence-corrected chi connectivity index (χ0v) is 14.9. The lowest BCUT2D eigenvalue weighted by atomic mass is 9.99. The van der Waals surface area contributed by atoms with Gasteiger partial charge in [-0.1, -0.05) is 13.0 Å². The number of esters is 1. The minimum Gasteiger partial charge on any atom is -0.465 e. The monoisotopic (exact) mass is 354 g/mol. The summed E-state index contributed by atoms with van der Waals surface area (Å²) >= 11 is 0. The van der Waals surface area contributed by atoms with Gasteiger partial charge in [0.05, 0.1) is 12.7 Å². The zero-order valence-electron chi connectivity index (χ0n) is 14.9. The second kappa shape index (κ2) is 7.95. The summed E-state index contributed by atoms with van der Waals surface area (Å²) in [6.07, 6.45) is 3.64. The first-order chi connectivity index (χ1) is 12.6. The highest BCUT2D eigenvalue weighted by Crippen LogP contribution is 2.21. The van der Waals surface area contributed by atoms with E-state index in [0.717, 1.165) is 37.7 Å². The number of ether oxygens (including phenoxy) is 1. The molecule has 7 nitrogen and oxygen atoms in total. The fraction of sp³-hybridized carbons (Fsp3) is 0.368. The van der Waals surface area contributed by atoms with Gasteiger partial charge >= 0.3 is 5.97 Å². The molecular weight excluding hydrogens is 332 g/mol. The summed E-state index contributed by atoms with van der Waals surface area (Å²) in [5.41, 5.74) is 1.16. The summed E-state index contributed by atoms with van der Waals surface area (Å²) < 4.78 is 4.69. The van der Waals surface area contributed by atoms with E-state index in [1.54, 1.807) is 30.3 Å². The van der Waals surface area contributed by atoms with Gasteiger partial charge in [-0.15, -0.1) is 0 Å². The quantitative estimate of drug-likeness (QED) is 0.850. The van der Waals surface area contributed by atoms with Crippen LogP contribution in [-0.4, -0.2) is 42.0 Å². The van der Waals surface area contributed by atoms with E-state index in [4.69, 9.17) is 4.74 Å². The number of carbonyl (C=O) groups excluding carboxylic acids is 2. The van der Waals surface area contributed by atoms with Gasteiger partial charge in [0.2, 0.25) is 0 Å². The maximum absolute atomic E-state index is 12.5. The summed E-state index contributed by atoms with van der Waals surface area (Å²) in [6.45, 7) is 4.11. The highest BCUT2D eigenvalue weighted by atomic mass is 16.5. The van der Waals surface area contributed by atoms with E-state index in [1.807, 2.05) is 0 Å². The van der Waals surface area contributed by atoms with Gasteiger partial charge in [0, 0.05) is 24.8 Å². The average molecular weight is 354 g/mol. The maximum Gasteiger partial charge on any atom is 0.337 e. The topological polar surface area (TPSA) is 84.4 Å². The summed E-state index contributed by atoms with van der Waals surface area (Å²) in [4.78, 5) is 34.7. The van der Waals surface area contributed by atoms with E-state index in [-0.39, 0.29) is 11.6 Å². The van der Waals surface area contributed by atoms with Crippen molar-refractivity contribution in [2.45, 2.75) is 19.8 Å². The van der Waals surface area contributed by atoms with Gasteiger partial charge in [-0.05, 0) is 37.0 Å². The molecule has 0 aliphatic carbocycles. The molecule has 1 fully saturated rings. The Bertz CT molecular complexity index is 801. The highest BCUT2D eigenvalue weighted by molar-refractivity contribution is 6.03. The Morgan fingerprint density at radius 1 is 1.19 bits per heavy atom. The summed E-state index contributed by atoms with van der Waals surface area (Å²) in [5, 5.41) is 2.76. The summed E-state index contributed by atoms with van der Waals surface area (Å²) in [5.74, 6) is 0.684. The van der Waals surface area contributed by atoms with Gasteiger partial charge in [-0.25, -0.2) is 14.8 Å². The first kappa shape index (κ1) is 17.8. The largest absolute Gasteiger partial charge is 0.465 e. The SMILES string of the molecule is COC(=O)c1cccc(NC(=O)c2cc(N3CCC(C)CC3)ncn2)c1. The number of rotatable bonds is 4. The van der Waals surface area contributed by atoms with E-state index >= 15 is 0 Å². The van der Waals surface area contributed by atoms with Crippen LogP contribution < -0.4 is 10.2 Å². The molecule has 1 aliphatic heterocycles. The number of aromatic nitrogens is 2. The molecule has 0 saturated carbocycles. The van der Waals surface area contributed by atoms with Crippen LogP contribution in [0.2, 0.25) is 0 Å². The molecule has 0 bridgehead atoms. The number of methoxy groups -OCH3 is 1. The lowest BCUT2D eigenvalue weighted by Gasteiger charge is -2.31. The summed E-state index contributed by atoms with van der Waals surface area (Å²) in [6, 6.07) is 8.29. The number of nitrogens with one attached hydrogen (secondary N) is 1. The van der Waals surface area contributed by atoms with Gasteiger partial charge in [-0.2, -0.15) is 0 Å². The molecule has 0 unspecified atom stereocenters. The number of benzene rings is 1. The number of nitrogens with zero attached hydrogens (tertiary/aromatic N) is 3. The van der Waals surface area contributed by atoms with Crippen LogP contribution in [0.3, 0.4) is 0 Å². The number of carbonyl (C=O) groups is 2. The van der Waals surface area contributed by atoms with Gasteiger partial charge in [0.15, 0.2) is 0 Å². The van der Waals surface area contributed by atoms with Crippen molar-refractivity contribution in [3.8, 4) is 0 Å². The van der Waals surface area contributed by atoms with Crippen LogP contribution in [0.15, 0.2) is 36.7 Å².